The van der Waals surface area contributed by atoms with Crippen molar-refractivity contribution >= 4 is 17.7 Å². The number of aryl methyl sites for hydroxylation is 4. The van der Waals surface area contributed by atoms with Crippen molar-refractivity contribution < 1.29 is 9.90 Å². The van der Waals surface area contributed by atoms with Crippen LogP contribution in [0.1, 0.15) is 27.8 Å². The number of carboxylic acids is 1. The molecule has 0 heterocycles. The van der Waals surface area contributed by atoms with Gasteiger partial charge in [0.1, 0.15) is 5.25 Å². The predicted molar refractivity (Wildman–Crippen MR) is 92.8 cm³/mol. The molecule has 2 rings (SSSR count). The van der Waals surface area contributed by atoms with Gasteiger partial charge < -0.3 is 5.11 Å². The molecule has 0 saturated carbocycles. The first-order valence-corrected chi connectivity index (χ1v) is 8.27. The van der Waals surface area contributed by atoms with Crippen LogP contribution in [-0.2, 0) is 11.2 Å². The molecule has 0 bridgehead atoms. The number of carboxylic acid groups (broad SMARTS) is 1. The lowest BCUT2D eigenvalue weighted by Gasteiger charge is -2.16. The van der Waals surface area contributed by atoms with E-state index in [1.807, 2.05) is 31.2 Å². The first-order chi connectivity index (χ1) is 10.4. The summed E-state index contributed by atoms with van der Waals surface area (Å²) in [5.41, 5.74) is 5.90. The summed E-state index contributed by atoms with van der Waals surface area (Å²) in [6.45, 7) is 8.22. The molecule has 22 heavy (non-hydrogen) atoms. The molecule has 3 heteroatoms. The summed E-state index contributed by atoms with van der Waals surface area (Å²) < 4.78 is 0. The van der Waals surface area contributed by atoms with Crippen LogP contribution in [0.25, 0.3) is 0 Å². The summed E-state index contributed by atoms with van der Waals surface area (Å²) >= 11 is 1.42. The number of benzene rings is 2. The Bertz CT molecular complexity index is 651. The van der Waals surface area contributed by atoms with Crippen molar-refractivity contribution in [3.63, 3.8) is 0 Å². The first-order valence-electron chi connectivity index (χ1n) is 7.39. The van der Waals surface area contributed by atoms with Crippen molar-refractivity contribution in [3.05, 3.63) is 64.2 Å². The van der Waals surface area contributed by atoms with Gasteiger partial charge in [0, 0.05) is 4.90 Å². The third-order valence-corrected chi connectivity index (χ3v) is 5.00. The zero-order chi connectivity index (χ0) is 16.3. The smallest absolute Gasteiger partial charge is 0.317 e. The molecule has 1 N–H and O–H groups in total. The topological polar surface area (TPSA) is 37.3 Å². The molecule has 0 unspecified atom stereocenters. The molecular formula is C19H22O2S. The van der Waals surface area contributed by atoms with Crippen LogP contribution in [0.5, 0.6) is 0 Å². The summed E-state index contributed by atoms with van der Waals surface area (Å²) in [6, 6.07) is 12.3. The SMILES string of the molecule is Cc1ccc(S[C@@H](Cc2c(C)cc(C)cc2C)C(=O)O)cc1. The van der Waals surface area contributed by atoms with E-state index in [1.54, 1.807) is 0 Å². The predicted octanol–water partition coefficient (Wildman–Crippen LogP) is 4.71. The second-order valence-electron chi connectivity index (χ2n) is 5.84. The summed E-state index contributed by atoms with van der Waals surface area (Å²) in [6.07, 6.45) is 0.547. The average molecular weight is 314 g/mol. The van der Waals surface area contributed by atoms with Gasteiger partial charge in [-0.3, -0.25) is 4.79 Å². The molecule has 2 nitrogen and oxygen atoms in total. The highest BCUT2D eigenvalue weighted by Crippen LogP contribution is 2.28. The van der Waals surface area contributed by atoms with Crippen LogP contribution in [0, 0.1) is 27.7 Å². The summed E-state index contributed by atoms with van der Waals surface area (Å²) in [5, 5.41) is 9.10. The Morgan fingerprint density at radius 1 is 1.00 bits per heavy atom. The maximum absolute atomic E-state index is 11.6. The third kappa shape index (κ3) is 4.14. The van der Waals surface area contributed by atoms with E-state index in [2.05, 4.69) is 32.9 Å². The number of hydrogen-bond acceptors (Lipinski definition) is 2. The fourth-order valence-corrected chi connectivity index (χ4v) is 3.65. The average Bonchev–Trinajstić information content (AvgIpc) is 2.43. The molecule has 0 amide bonds. The third-order valence-electron chi connectivity index (χ3n) is 3.80. The Kier molecular flexibility index (Phi) is 5.30. The second kappa shape index (κ2) is 7.01. The molecule has 116 valence electrons. The van der Waals surface area contributed by atoms with Gasteiger partial charge in [0.05, 0.1) is 0 Å². The van der Waals surface area contributed by atoms with Crippen molar-refractivity contribution in [1.82, 2.24) is 0 Å². The number of rotatable bonds is 5. The second-order valence-corrected chi connectivity index (χ2v) is 7.12. The van der Waals surface area contributed by atoms with Crippen LogP contribution < -0.4 is 0 Å². The molecule has 0 fully saturated rings. The lowest BCUT2D eigenvalue weighted by molar-refractivity contribution is -0.136. The highest BCUT2D eigenvalue weighted by Gasteiger charge is 2.21. The molecule has 0 saturated heterocycles. The molecular weight excluding hydrogens is 292 g/mol. The Balaban J connectivity index is 2.23. The van der Waals surface area contributed by atoms with Crippen LogP contribution in [0.3, 0.4) is 0 Å². The maximum Gasteiger partial charge on any atom is 0.317 e. The standard InChI is InChI=1S/C19H22O2S/c1-12-5-7-16(8-6-12)22-18(19(20)21)11-17-14(3)9-13(2)10-15(17)4/h5-10,18H,11H2,1-4H3,(H,20,21)/t18-/m0/s1. The number of thioether (sulfide) groups is 1. The van der Waals surface area contributed by atoms with Gasteiger partial charge in [-0.05, 0) is 62.9 Å². The van der Waals surface area contributed by atoms with E-state index in [0.29, 0.717) is 6.42 Å². The molecule has 1 atom stereocenters. The van der Waals surface area contributed by atoms with Crippen LogP contribution in [0.15, 0.2) is 41.3 Å². The first kappa shape index (κ1) is 16.6. The molecule has 0 aliphatic heterocycles. The minimum absolute atomic E-state index is 0.470. The summed E-state index contributed by atoms with van der Waals surface area (Å²) in [5.74, 6) is -0.759. The van der Waals surface area contributed by atoms with E-state index in [1.165, 1.54) is 34.0 Å². The van der Waals surface area contributed by atoms with Gasteiger partial charge >= 0.3 is 5.97 Å². The van der Waals surface area contributed by atoms with Gasteiger partial charge in [-0.1, -0.05) is 35.4 Å². The van der Waals surface area contributed by atoms with E-state index < -0.39 is 11.2 Å². The maximum atomic E-state index is 11.6. The quantitative estimate of drug-likeness (QED) is 0.812. The summed E-state index contributed by atoms with van der Waals surface area (Å²) in [4.78, 5) is 12.6. The largest absolute Gasteiger partial charge is 0.480 e. The van der Waals surface area contributed by atoms with Gasteiger partial charge in [0.2, 0.25) is 0 Å². The van der Waals surface area contributed by atoms with Crippen molar-refractivity contribution in [2.75, 3.05) is 0 Å². The molecule has 2 aromatic carbocycles. The molecule has 2 aromatic rings. The Morgan fingerprint density at radius 3 is 2.05 bits per heavy atom. The normalized spacial score (nSPS) is 12.2. The summed E-state index contributed by atoms with van der Waals surface area (Å²) in [7, 11) is 0. The van der Waals surface area contributed by atoms with Gasteiger partial charge in [-0.25, -0.2) is 0 Å². The minimum atomic E-state index is -0.759. The van der Waals surface area contributed by atoms with Gasteiger partial charge in [0.15, 0.2) is 0 Å². The molecule has 0 aliphatic carbocycles. The Morgan fingerprint density at radius 2 is 1.55 bits per heavy atom. The fraction of sp³-hybridized carbons (Fsp3) is 0.316. The number of hydrogen-bond donors (Lipinski definition) is 1. The van der Waals surface area contributed by atoms with Crippen LogP contribution >= 0.6 is 11.8 Å². The van der Waals surface area contributed by atoms with E-state index >= 15 is 0 Å². The van der Waals surface area contributed by atoms with Crippen LogP contribution in [0.4, 0.5) is 0 Å². The fourth-order valence-electron chi connectivity index (χ4n) is 2.68. The van der Waals surface area contributed by atoms with E-state index in [-0.39, 0.29) is 0 Å². The lowest BCUT2D eigenvalue weighted by atomic mass is 9.96. The van der Waals surface area contributed by atoms with Gasteiger partial charge in [-0.2, -0.15) is 0 Å². The lowest BCUT2D eigenvalue weighted by Crippen LogP contribution is -2.20. The number of carbonyl (C=O) groups is 1. The van der Waals surface area contributed by atoms with Crippen molar-refractivity contribution in [2.24, 2.45) is 0 Å². The zero-order valence-corrected chi connectivity index (χ0v) is 14.3. The Hall–Kier alpha value is -1.74. The zero-order valence-electron chi connectivity index (χ0n) is 13.5. The van der Waals surface area contributed by atoms with Crippen LogP contribution in [-0.4, -0.2) is 16.3 Å². The highest BCUT2D eigenvalue weighted by molar-refractivity contribution is 8.00. The molecule has 0 spiro atoms. The van der Waals surface area contributed by atoms with Gasteiger partial charge in [0.25, 0.3) is 0 Å². The van der Waals surface area contributed by atoms with E-state index in [0.717, 1.165) is 10.5 Å². The van der Waals surface area contributed by atoms with Crippen molar-refractivity contribution in [3.8, 4) is 0 Å². The van der Waals surface area contributed by atoms with E-state index in [9.17, 15) is 9.90 Å². The van der Waals surface area contributed by atoms with Crippen molar-refractivity contribution in [1.29, 1.82) is 0 Å². The Labute approximate surface area is 136 Å². The van der Waals surface area contributed by atoms with Gasteiger partial charge in [-0.15, -0.1) is 11.8 Å². The molecule has 0 aliphatic rings. The van der Waals surface area contributed by atoms with Crippen LogP contribution in [0.2, 0.25) is 0 Å². The number of aliphatic carboxylic acids is 1. The highest BCUT2D eigenvalue weighted by atomic mass is 32.2. The van der Waals surface area contributed by atoms with Crippen molar-refractivity contribution in [2.45, 2.75) is 44.3 Å². The minimum Gasteiger partial charge on any atom is -0.480 e. The monoisotopic (exact) mass is 314 g/mol. The molecule has 0 radical (unpaired) electrons. The molecule has 0 aromatic heterocycles. The van der Waals surface area contributed by atoms with E-state index in [4.69, 9.17) is 0 Å².